The largest absolute Gasteiger partial charge is 0.481 e. The summed E-state index contributed by atoms with van der Waals surface area (Å²) in [5, 5.41) is 15.0. The molecule has 0 saturated heterocycles. The summed E-state index contributed by atoms with van der Waals surface area (Å²) < 4.78 is 5.54. The molecule has 0 aliphatic heterocycles. The molecule has 35 heavy (non-hydrogen) atoms. The van der Waals surface area contributed by atoms with Crippen LogP contribution in [0.5, 0.6) is 0 Å². The molecule has 2 amide bonds. The molecule has 0 heterocycles. The minimum absolute atomic E-state index is 0.0138. The van der Waals surface area contributed by atoms with Crippen LogP contribution in [-0.4, -0.2) is 42.8 Å². The molecule has 1 atom stereocenters. The number of aliphatic carboxylic acids is 1. The number of amides is 2. The number of hydrogen-bond donors (Lipinski definition) is 3. The molecule has 2 aromatic carbocycles. The Morgan fingerprint density at radius 3 is 2.09 bits per heavy atom. The zero-order valence-corrected chi connectivity index (χ0v) is 20.8. The molecular weight excluding hydrogens is 444 g/mol. The van der Waals surface area contributed by atoms with Crippen LogP contribution in [0.25, 0.3) is 11.1 Å². The molecule has 3 rings (SSSR count). The highest BCUT2D eigenvalue weighted by molar-refractivity contribution is 5.80. The summed E-state index contributed by atoms with van der Waals surface area (Å²) in [6.07, 6.45) is 1.33. The van der Waals surface area contributed by atoms with Gasteiger partial charge in [0.25, 0.3) is 0 Å². The molecule has 0 saturated carbocycles. The number of hydrogen-bond acceptors (Lipinski definition) is 4. The summed E-state index contributed by atoms with van der Waals surface area (Å²) in [4.78, 5) is 36.2. The van der Waals surface area contributed by atoms with Crippen molar-refractivity contribution in [1.82, 2.24) is 10.6 Å². The molecule has 0 fully saturated rings. The summed E-state index contributed by atoms with van der Waals surface area (Å²) in [7, 11) is 0. The first-order valence-corrected chi connectivity index (χ1v) is 12.4. The van der Waals surface area contributed by atoms with E-state index in [1.54, 1.807) is 0 Å². The number of carbonyl (C=O) groups excluding carboxylic acids is 2. The smallest absolute Gasteiger partial charge is 0.407 e. The molecule has 7 nitrogen and oxygen atoms in total. The van der Waals surface area contributed by atoms with Gasteiger partial charge < -0.3 is 20.5 Å². The first kappa shape index (κ1) is 26.3. The fourth-order valence-corrected chi connectivity index (χ4v) is 4.71. The third-order valence-corrected chi connectivity index (χ3v) is 7.22. The van der Waals surface area contributed by atoms with Crippen LogP contribution in [0.3, 0.4) is 0 Å². The number of alkyl carbamates (subject to hydrolysis) is 1. The van der Waals surface area contributed by atoms with Gasteiger partial charge in [0.05, 0.1) is 5.41 Å². The first-order chi connectivity index (χ1) is 16.8. The lowest BCUT2D eigenvalue weighted by Gasteiger charge is -2.27. The van der Waals surface area contributed by atoms with Crippen molar-refractivity contribution in [3.63, 3.8) is 0 Å². The number of fused-ring (bicyclic) bond motifs is 3. The molecule has 3 N–H and O–H groups in total. The predicted molar refractivity (Wildman–Crippen MR) is 135 cm³/mol. The van der Waals surface area contributed by atoms with E-state index in [4.69, 9.17) is 4.74 Å². The van der Waals surface area contributed by atoms with Crippen LogP contribution in [0.1, 0.15) is 63.5 Å². The van der Waals surface area contributed by atoms with Crippen LogP contribution < -0.4 is 10.6 Å². The van der Waals surface area contributed by atoms with Crippen molar-refractivity contribution in [3.8, 4) is 11.1 Å². The topological polar surface area (TPSA) is 105 Å². The number of carbonyl (C=O) groups is 3. The van der Waals surface area contributed by atoms with Crippen molar-refractivity contribution in [1.29, 1.82) is 0 Å². The number of benzene rings is 2. The highest BCUT2D eigenvalue weighted by atomic mass is 16.5. The Kier molecular flexibility index (Phi) is 8.90. The minimum Gasteiger partial charge on any atom is -0.481 e. The quantitative estimate of drug-likeness (QED) is 0.399. The lowest BCUT2D eigenvalue weighted by Crippen LogP contribution is -2.42. The Labute approximate surface area is 207 Å². The van der Waals surface area contributed by atoms with E-state index in [0.29, 0.717) is 25.8 Å². The fraction of sp³-hybridized carbons (Fsp3) is 0.464. The fourth-order valence-electron chi connectivity index (χ4n) is 4.71. The minimum atomic E-state index is -0.926. The van der Waals surface area contributed by atoms with Crippen molar-refractivity contribution in [2.45, 2.75) is 52.4 Å². The van der Waals surface area contributed by atoms with Gasteiger partial charge in [0.2, 0.25) is 5.91 Å². The van der Waals surface area contributed by atoms with Crippen LogP contribution in [-0.2, 0) is 14.3 Å². The molecule has 2 aromatic rings. The second-order valence-corrected chi connectivity index (χ2v) is 9.42. The van der Waals surface area contributed by atoms with Gasteiger partial charge in [-0.3, -0.25) is 9.59 Å². The Balaban J connectivity index is 1.40. The SMILES string of the molecule is CCC(CC)(CNC(=O)CC(C)CCNC(=O)OCC1c2ccccc2-c2ccccc21)C(=O)O. The zero-order chi connectivity index (χ0) is 25.4. The van der Waals surface area contributed by atoms with Crippen LogP contribution in [0.2, 0.25) is 0 Å². The van der Waals surface area contributed by atoms with Crippen molar-refractivity contribution in [2.24, 2.45) is 11.3 Å². The van der Waals surface area contributed by atoms with E-state index in [1.165, 1.54) is 22.3 Å². The highest BCUT2D eigenvalue weighted by Crippen LogP contribution is 2.44. The third-order valence-electron chi connectivity index (χ3n) is 7.22. The molecular formula is C28H36N2O5. The molecule has 1 aliphatic carbocycles. The van der Waals surface area contributed by atoms with Gasteiger partial charge in [-0.05, 0) is 47.4 Å². The maximum absolute atomic E-state index is 12.3. The molecule has 0 bridgehead atoms. The lowest BCUT2D eigenvalue weighted by atomic mass is 9.82. The summed E-state index contributed by atoms with van der Waals surface area (Å²) in [5.41, 5.74) is 3.77. The summed E-state index contributed by atoms with van der Waals surface area (Å²) >= 11 is 0. The monoisotopic (exact) mass is 480 g/mol. The van der Waals surface area contributed by atoms with Crippen LogP contribution >= 0.6 is 0 Å². The summed E-state index contributed by atoms with van der Waals surface area (Å²) in [6, 6.07) is 16.4. The highest BCUT2D eigenvalue weighted by Gasteiger charge is 2.35. The van der Waals surface area contributed by atoms with E-state index in [1.807, 2.05) is 45.0 Å². The number of carboxylic acid groups (broad SMARTS) is 1. The number of carboxylic acids is 1. The van der Waals surface area contributed by atoms with E-state index in [0.717, 1.165) is 0 Å². The van der Waals surface area contributed by atoms with Gasteiger partial charge in [-0.2, -0.15) is 0 Å². The van der Waals surface area contributed by atoms with Crippen LogP contribution in [0, 0.1) is 11.3 Å². The van der Waals surface area contributed by atoms with E-state index in [2.05, 4.69) is 34.9 Å². The second-order valence-electron chi connectivity index (χ2n) is 9.42. The Hall–Kier alpha value is -3.35. The van der Waals surface area contributed by atoms with E-state index >= 15 is 0 Å². The normalized spacial score (nSPS) is 13.5. The van der Waals surface area contributed by atoms with Gasteiger partial charge in [0.15, 0.2) is 0 Å². The molecule has 0 radical (unpaired) electrons. The van der Waals surface area contributed by atoms with Gasteiger partial charge in [0, 0.05) is 25.4 Å². The molecule has 1 aliphatic rings. The standard InChI is InChI=1S/C28H36N2O5/c1-4-28(5-2,26(32)33)18-30-25(31)16-19(3)14-15-29-27(34)35-17-24-22-12-8-6-10-20(22)21-11-7-9-13-23(21)24/h6-13,19,24H,4-5,14-18H2,1-3H3,(H,29,34)(H,30,31)(H,32,33). The van der Waals surface area contributed by atoms with Gasteiger partial charge in [-0.25, -0.2) is 4.79 Å². The average molecular weight is 481 g/mol. The van der Waals surface area contributed by atoms with E-state index < -0.39 is 17.5 Å². The second kappa shape index (κ2) is 11.9. The predicted octanol–water partition coefficient (Wildman–Crippen LogP) is 4.95. The molecule has 0 spiro atoms. The Morgan fingerprint density at radius 1 is 0.971 bits per heavy atom. The van der Waals surface area contributed by atoms with E-state index in [-0.39, 0.29) is 37.3 Å². The van der Waals surface area contributed by atoms with E-state index in [9.17, 15) is 19.5 Å². The number of rotatable bonds is 12. The number of nitrogens with one attached hydrogen (secondary N) is 2. The van der Waals surface area contributed by atoms with Gasteiger partial charge in [-0.1, -0.05) is 69.3 Å². The summed E-state index contributed by atoms with van der Waals surface area (Å²) in [6.45, 7) is 6.36. The van der Waals surface area contributed by atoms with Crippen molar-refractivity contribution < 1.29 is 24.2 Å². The molecule has 7 heteroatoms. The molecule has 1 unspecified atom stereocenters. The molecule has 0 aromatic heterocycles. The summed E-state index contributed by atoms with van der Waals surface area (Å²) in [5.74, 6) is -1.01. The first-order valence-electron chi connectivity index (χ1n) is 12.4. The maximum Gasteiger partial charge on any atom is 0.407 e. The maximum atomic E-state index is 12.3. The number of ether oxygens (including phenoxy) is 1. The Bertz CT molecular complexity index is 1000. The van der Waals surface area contributed by atoms with Gasteiger partial charge in [0.1, 0.15) is 6.61 Å². The average Bonchev–Trinajstić information content (AvgIpc) is 3.17. The Morgan fingerprint density at radius 2 is 1.54 bits per heavy atom. The van der Waals surface area contributed by atoms with Gasteiger partial charge in [-0.15, -0.1) is 0 Å². The molecule has 188 valence electrons. The van der Waals surface area contributed by atoms with Crippen LogP contribution in [0.15, 0.2) is 48.5 Å². The third kappa shape index (κ3) is 6.21. The van der Waals surface area contributed by atoms with Crippen molar-refractivity contribution in [3.05, 3.63) is 59.7 Å². The van der Waals surface area contributed by atoms with Crippen molar-refractivity contribution >= 4 is 18.0 Å². The van der Waals surface area contributed by atoms with Gasteiger partial charge >= 0.3 is 12.1 Å². The lowest BCUT2D eigenvalue weighted by molar-refractivity contribution is -0.149. The zero-order valence-electron chi connectivity index (χ0n) is 20.8. The van der Waals surface area contributed by atoms with Crippen molar-refractivity contribution in [2.75, 3.05) is 19.7 Å². The van der Waals surface area contributed by atoms with Crippen LogP contribution in [0.4, 0.5) is 4.79 Å².